The molecule has 6 rings (SSSR count). The number of likely N-dealkylation sites (N-methyl/N-ethyl adjacent to an activating group) is 1. The predicted molar refractivity (Wildman–Crippen MR) is 233 cm³/mol. The van der Waals surface area contributed by atoms with Gasteiger partial charge in [-0.05, 0) is 97.3 Å². The molecule has 334 valence electrons. The van der Waals surface area contributed by atoms with Gasteiger partial charge >= 0.3 is 88.7 Å². The third-order valence-electron chi connectivity index (χ3n) is 9.40. The molecule has 0 amide bonds. The monoisotopic (exact) mass is 998 g/mol. The van der Waals surface area contributed by atoms with Crippen LogP contribution in [0.2, 0.25) is 0 Å². The second-order valence-corrected chi connectivity index (χ2v) is 17.7. The Morgan fingerprint density at radius 3 is 1.78 bits per heavy atom. The second kappa shape index (κ2) is 24.6. The zero-order valence-corrected chi connectivity index (χ0v) is 45.1. The van der Waals surface area contributed by atoms with Crippen molar-refractivity contribution in [2.24, 2.45) is 30.7 Å². The summed E-state index contributed by atoms with van der Waals surface area (Å²) >= 11 is 0. The summed E-state index contributed by atoms with van der Waals surface area (Å²) in [5.74, 6) is -1.43. The van der Waals surface area contributed by atoms with Gasteiger partial charge in [-0.2, -0.15) is 32.2 Å². The van der Waals surface area contributed by atoms with Gasteiger partial charge in [0.1, 0.15) is 31.3 Å². The number of hydrogen-bond donors (Lipinski definition) is 5. The molecule has 6 aromatic carbocycles. The van der Waals surface area contributed by atoms with Gasteiger partial charge in [0.15, 0.2) is 0 Å². The number of anilines is 4. The summed E-state index contributed by atoms with van der Waals surface area (Å²) in [5, 5.41) is 54.5. The molecule has 0 aliphatic carbocycles. The van der Waals surface area contributed by atoms with E-state index in [0.29, 0.717) is 41.4 Å². The Balaban J connectivity index is 0.00000397. The Morgan fingerprint density at radius 2 is 1.18 bits per heavy atom. The van der Waals surface area contributed by atoms with Crippen LogP contribution < -0.4 is 115 Å². The third-order valence-corrected chi connectivity index (χ3v) is 12.0. The maximum Gasteiger partial charge on any atom is 1.00 e. The number of nitrogens with zero attached hydrogens (tertiary/aromatic N) is 7. The van der Waals surface area contributed by atoms with Crippen molar-refractivity contribution in [3.8, 4) is 11.5 Å². The van der Waals surface area contributed by atoms with Crippen molar-refractivity contribution in [2.75, 3.05) is 42.5 Å². The van der Waals surface area contributed by atoms with Gasteiger partial charge in [0, 0.05) is 24.2 Å². The minimum absolute atomic E-state index is 0. The average Bonchev–Trinajstić information content (AvgIpc) is 3.24. The van der Waals surface area contributed by atoms with Crippen LogP contribution in [-0.4, -0.2) is 70.0 Å². The van der Waals surface area contributed by atoms with Gasteiger partial charge in [-0.3, -0.25) is 9.11 Å². The fourth-order valence-electron chi connectivity index (χ4n) is 6.19. The van der Waals surface area contributed by atoms with Gasteiger partial charge in [0.2, 0.25) is 0 Å². The second-order valence-electron chi connectivity index (χ2n) is 13.6. The van der Waals surface area contributed by atoms with Crippen LogP contribution in [0.25, 0.3) is 10.8 Å². The van der Waals surface area contributed by atoms with Crippen LogP contribution in [0.1, 0.15) is 13.8 Å². The molecular weight excluding hydrogens is 962 g/mol. The molecule has 21 nitrogen and oxygen atoms in total. The number of fused-ring (bicyclic) bond motifs is 1. The van der Waals surface area contributed by atoms with Crippen molar-refractivity contribution in [1.82, 2.24) is 4.90 Å². The first kappa shape index (κ1) is 57.4. The summed E-state index contributed by atoms with van der Waals surface area (Å²) in [5.41, 5.74) is 5.12. The normalized spacial score (nSPS) is 12.0. The summed E-state index contributed by atoms with van der Waals surface area (Å²) in [6, 6.07) is 22.9. The molecule has 6 aromatic rings. The topological polar surface area (TPSA) is 340 Å². The Labute approximate surface area is 452 Å². The van der Waals surface area contributed by atoms with Crippen molar-refractivity contribution in [2.45, 2.75) is 28.5 Å². The molecular formula is C40H37N10Na3O11S3. The molecule has 0 aliphatic heterocycles. The van der Waals surface area contributed by atoms with Crippen molar-refractivity contribution >= 4 is 98.0 Å². The van der Waals surface area contributed by atoms with Crippen LogP contribution in [0.15, 0.2) is 149 Å². The molecule has 0 unspecified atom stereocenters. The maximum absolute atomic E-state index is 13.7. The number of rotatable bonds is 17. The van der Waals surface area contributed by atoms with E-state index in [4.69, 9.17) is 5.73 Å². The number of nitrogens with two attached hydrogens (primary N) is 1. The Morgan fingerprint density at radius 1 is 0.627 bits per heavy atom. The van der Waals surface area contributed by atoms with E-state index < -0.39 is 78.6 Å². The molecule has 0 bridgehead atoms. The smallest absolute Gasteiger partial charge is 0.872 e. The van der Waals surface area contributed by atoms with Crippen LogP contribution in [0.4, 0.5) is 56.9 Å². The summed E-state index contributed by atoms with van der Waals surface area (Å²) in [7, 11) is -15.6. The number of benzene rings is 6. The van der Waals surface area contributed by atoms with Crippen molar-refractivity contribution in [3.63, 3.8) is 0 Å². The molecule has 0 aliphatic rings. The van der Waals surface area contributed by atoms with Crippen molar-refractivity contribution in [3.05, 3.63) is 103 Å². The molecule has 0 atom stereocenters. The number of nitrogen functional groups attached to an aromatic ring is 1. The zero-order chi connectivity index (χ0) is 46.4. The van der Waals surface area contributed by atoms with E-state index in [1.165, 1.54) is 48.5 Å². The fourth-order valence-corrected chi connectivity index (χ4v) is 8.17. The molecule has 0 saturated carbocycles. The van der Waals surface area contributed by atoms with Crippen LogP contribution in [0, 0.1) is 0 Å². The molecule has 0 spiro atoms. The first-order valence-electron chi connectivity index (χ1n) is 18.9. The van der Waals surface area contributed by atoms with E-state index in [-0.39, 0.29) is 111 Å². The van der Waals surface area contributed by atoms with Crippen molar-refractivity contribution in [1.29, 1.82) is 0 Å². The van der Waals surface area contributed by atoms with Crippen LogP contribution in [0.5, 0.6) is 11.5 Å². The van der Waals surface area contributed by atoms with Crippen LogP contribution in [-0.2, 0) is 30.4 Å². The minimum Gasteiger partial charge on any atom is -0.872 e. The maximum atomic E-state index is 13.7. The van der Waals surface area contributed by atoms with Crippen LogP contribution in [0.3, 0.4) is 0 Å². The van der Waals surface area contributed by atoms with E-state index in [0.717, 1.165) is 25.7 Å². The number of nitrogens with one attached hydrogen (secondary N) is 2. The first-order valence-corrected chi connectivity index (χ1v) is 23.2. The molecule has 0 fully saturated rings. The average molecular weight is 999 g/mol. The van der Waals surface area contributed by atoms with Gasteiger partial charge < -0.3 is 36.0 Å². The molecule has 27 heteroatoms. The SMILES string of the molecule is CCN(CC)CCNc1cc([O-])ccc1N=Nc1ccc(Nc2ccc(N=Nc3c(S(=O)(=O)O)cc4cc(S(=O)(=O)O)c(N=Nc5ccccc5)c([O-])c4c3N)cc2S(=O)(=O)[O-])cc1.[Na+].[Na+].[Na+]. The summed E-state index contributed by atoms with van der Waals surface area (Å²) in [6.07, 6.45) is 0. The molecule has 67 heavy (non-hydrogen) atoms. The Hall–Kier alpha value is -3.93. The van der Waals surface area contributed by atoms with Crippen LogP contribution >= 0.6 is 0 Å². The quantitative estimate of drug-likeness (QED) is 0.0308. The zero-order valence-electron chi connectivity index (χ0n) is 36.6. The fraction of sp³-hybridized carbons (Fsp3) is 0.150. The molecule has 0 aromatic heterocycles. The molecule has 0 radical (unpaired) electrons. The minimum atomic E-state index is -5.25. The van der Waals surface area contributed by atoms with Gasteiger partial charge in [-0.25, -0.2) is 8.42 Å². The van der Waals surface area contributed by atoms with Gasteiger partial charge in [0.05, 0.1) is 44.7 Å². The first-order chi connectivity index (χ1) is 30.3. The standard InChI is InChI=1S/C40H40N10O11S3.3Na/c1-3-50(4-2)19-18-42-32-23-29(51)15-17-30(32)47-44-27-12-10-25(11-13-27)43-31-16-14-28(22-33(31)62(53,54)55)46-48-38-34(63(56,57)58)20-24-21-35(64(59,60)61)39(40(52)36(24)37(38)41)49-45-26-8-6-5-7-9-26;;;/h5-17,20-23,42-43,51-52H,3-4,18-19,41H2,1-2H3,(H,53,54,55)(H,56,57,58)(H,59,60,61);;;/q;3*+1/p-3. The molecule has 6 N–H and O–H groups in total. The van der Waals surface area contributed by atoms with E-state index in [2.05, 4.69) is 60.1 Å². The van der Waals surface area contributed by atoms with Crippen molar-refractivity contribution < 1.29 is 138 Å². The predicted octanol–water partition coefficient (Wildman–Crippen LogP) is -1.28. The summed E-state index contributed by atoms with van der Waals surface area (Å²) in [4.78, 5) is -0.685. The van der Waals surface area contributed by atoms with E-state index in [1.54, 1.807) is 36.4 Å². The summed E-state index contributed by atoms with van der Waals surface area (Å²) in [6.45, 7) is 7.20. The van der Waals surface area contributed by atoms with E-state index in [9.17, 15) is 49.1 Å². The Kier molecular flexibility index (Phi) is 21.0. The number of azo groups is 3. The van der Waals surface area contributed by atoms with Gasteiger partial charge in [0.25, 0.3) is 20.2 Å². The van der Waals surface area contributed by atoms with E-state index >= 15 is 0 Å². The molecule has 0 saturated heterocycles. The molecule has 0 heterocycles. The third kappa shape index (κ3) is 14.8. The largest absolute Gasteiger partial charge is 1.00 e. The van der Waals surface area contributed by atoms with E-state index in [1.807, 2.05) is 0 Å². The Bertz CT molecular complexity index is 3170. The summed E-state index contributed by atoms with van der Waals surface area (Å²) < 4.78 is 107. The number of hydrogen-bond acceptors (Lipinski definition) is 19. The van der Waals surface area contributed by atoms with Gasteiger partial charge in [-0.15, -0.1) is 21.1 Å². The van der Waals surface area contributed by atoms with Gasteiger partial charge in [-0.1, -0.05) is 43.9 Å².